The fourth-order valence-electron chi connectivity index (χ4n) is 1.27. The molecule has 2 heterocycles. The summed E-state index contributed by atoms with van der Waals surface area (Å²) in [6, 6.07) is 1.72. The standard InChI is InChI=1S/C8H8ClN3O.C2H6/c1-5-8-6(13-2)3-7(9)12(8)11-4-10-5;1-2/h3-4H,1-2H3;1-2H3. The quantitative estimate of drug-likeness (QED) is 0.752. The van der Waals surface area contributed by atoms with Crippen LogP contribution in [0.3, 0.4) is 0 Å². The second-order valence-corrected chi connectivity index (χ2v) is 3.03. The molecular formula is C10H14ClN3O. The van der Waals surface area contributed by atoms with Crippen molar-refractivity contribution >= 4 is 17.1 Å². The Labute approximate surface area is 93.8 Å². The Hall–Kier alpha value is -1.29. The van der Waals surface area contributed by atoms with Crippen LogP contribution in [-0.4, -0.2) is 21.7 Å². The molecule has 0 atom stereocenters. The lowest BCUT2D eigenvalue weighted by atomic mass is 10.4. The van der Waals surface area contributed by atoms with E-state index >= 15 is 0 Å². The van der Waals surface area contributed by atoms with Gasteiger partial charge in [-0.05, 0) is 6.92 Å². The van der Waals surface area contributed by atoms with E-state index in [4.69, 9.17) is 16.3 Å². The SMILES string of the molecule is CC.COc1cc(Cl)n2ncnc(C)c12. The van der Waals surface area contributed by atoms with Crippen molar-refractivity contribution in [3.05, 3.63) is 23.2 Å². The molecule has 0 saturated carbocycles. The van der Waals surface area contributed by atoms with Crippen molar-refractivity contribution < 1.29 is 4.74 Å². The number of hydrogen-bond donors (Lipinski definition) is 0. The van der Waals surface area contributed by atoms with E-state index in [-0.39, 0.29) is 0 Å². The Balaban J connectivity index is 0.000000531. The number of ether oxygens (including phenoxy) is 1. The molecule has 0 aromatic carbocycles. The van der Waals surface area contributed by atoms with E-state index in [1.807, 2.05) is 20.8 Å². The molecule has 0 saturated heterocycles. The summed E-state index contributed by atoms with van der Waals surface area (Å²) in [4.78, 5) is 4.06. The van der Waals surface area contributed by atoms with Gasteiger partial charge in [0.2, 0.25) is 0 Å². The fourth-order valence-corrected chi connectivity index (χ4v) is 1.50. The molecule has 2 aromatic heterocycles. The highest BCUT2D eigenvalue weighted by molar-refractivity contribution is 6.30. The van der Waals surface area contributed by atoms with Gasteiger partial charge in [-0.2, -0.15) is 5.10 Å². The summed E-state index contributed by atoms with van der Waals surface area (Å²) in [7, 11) is 1.60. The average Bonchev–Trinajstić information content (AvgIpc) is 2.60. The van der Waals surface area contributed by atoms with E-state index in [0.717, 1.165) is 11.2 Å². The number of methoxy groups -OCH3 is 1. The maximum Gasteiger partial charge on any atom is 0.149 e. The molecule has 5 heteroatoms. The van der Waals surface area contributed by atoms with Crippen LogP contribution in [0.2, 0.25) is 5.15 Å². The third kappa shape index (κ3) is 2.04. The van der Waals surface area contributed by atoms with Gasteiger partial charge in [-0.25, -0.2) is 9.50 Å². The molecule has 0 spiro atoms. The Morgan fingerprint density at radius 1 is 1.40 bits per heavy atom. The van der Waals surface area contributed by atoms with Crippen LogP contribution in [0.1, 0.15) is 19.5 Å². The van der Waals surface area contributed by atoms with E-state index in [9.17, 15) is 0 Å². The molecular weight excluding hydrogens is 214 g/mol. The van der Waals surface area contributed by atoms with Gasteiger partial charge in [-0.3, -0.25) is 0 Å². The molecule has 2 rings (SSSR count). The van der Waals surface area contributed by atoms with Crippen LogP contribution in [0.15, 0.2) is 12.4 Å². The molecule has 0 radical (unpaired) electrons. The third-order valence-electron chi connectivity index (χ3n) is 1.88. The van der Waals surface area contributed by atoms with Crippen LogP contribution in [0.25, 0.3) is 5.52 Å². The van der Waals surface area contributed by atoms with Gasteiger partial charge in [-0.1, -0.05) is 25.4 Å². The molecule has 15 heavy (non-hydrogen) atoms. The highest BCUT2D eigenvalue weighted by Gasteiger charge is 2.10. The topological polar surface area (TPSA) is 39.4 Å². The minimum atomic E-state index is 0.525. The van der Waals surface area contributed by atoms with Crippen LogP contribution in [0.4, 0.5) is 0 Å². The van der Waals surface area contributed by atoms with Crippen molar-refractivity contribution in [2.75, 3.05) is 7.11 Å². The Bertz CT molecular complexity index is 453. The Morgan fingerprint density at radius 2 is 2.07 bits per heavy atom. The summed E-state index contributed by atoms with van der Waals surface area (Å²) in [5, 5.41) is 4.53. The largest absolute Gasteiger partial charge is 0.494 e. The van der Waals surface area contributed by atoms with Gasteiger partial charge in [0.25, 0.3) is 0 Å². The summed E-state index contributed by atoms with van der Waals surface area (Å²) >= 11 is 5.92. The summed E-state index contributed by atoms with van der Waals surface area (Å²) in [6.07, 6.45) is 1.47. The molecule has 0 bridgehead atoms. The summed E-state index contributed by atoms with van der Waals surface area (Å²) in [6.45, 7) is 5.88. The van der Waals surface area contributed by atoms with E-state index in [1.165, 1.54) is 6.33 Å². The minimum Gasteiger partial charge on any atom is -0.494 e. The minimum absolute atomic E-state index is 0.525. The molecule has 2 aromatic rings. The Morgan fingerprint density at radius 3 is 2.67 bits per heavy atom. The second kappa shape index (κ2) is 4.98. The monoisotopic (exact) mass is 227 g/mol. The molecule has 0 aliphatic rings. The number of fused-ring (bicyclic) bond motifs is 1. The lowest BCUT2D eigenvalue weighted by Gasteiger charge is -1.99. The van der Waals surface area contributed by atoms with Gasteiger partial charge >= 0.3 is 0 Å². The van der Waals surface area contributed by atoms with Gasteiger partial charge in [0.1, 0.15) is 22.7 Å². The van der Waals surface area contributed by atoms with Crippen LogP contribution >= 0.6 is 11.6 Å². The van der Waals surface area contributed by atoms with Gasteiger partial charge in [0, 0.05) is 6.07 Å². The first kappa shape index (κ1) is 11.8. The van der Waals surface area contributed by atoms with Crippen LogP contribution in [-0.2, 0) is 0 Å². The lowest BCUT2D eigenvalue weighted by Crippen LogP contribution is -1.96. The molecule has 0 N–H and O–H groups in total. The van der Waals surface area contributed by atoms with E-state index in [2.05, 4.69) is 10.1 Å². The maximum atomic E-state index is 5.92. The molecule has 0 aliphatic carbocycles. The zero-order valence-electron chi connectivity index (χ0n) is 9.28. The van der Waals surface area contributed by atoms with E-state index < -0.39 is 0 Å². The van der Waals surface area contributed by atoms with Crippen LogP contribution in [0, 0.1) is 6.92 Å². The van der Waals surface area contributed by atoms with Gasteiger partial charge in [0.15, 0.2) is 0 Å². The van der Waals surface area contributed by atoms with Crippen molar-refractivity contribution in [1.82, 2.24) is 14.6 Å². The summed E-state index contributed by atoms with van der Waals surface area (Å²) < 4.78 is 6.74. The molecule has 4 nitrogen and oxygen atoms in total. The van der Waals surface area contributed by atoms with Gasteiger partial charge in [0.05, 0.1) is 12.8 Å². The number of rotatable bonds is 1. The van der Waals surface area contributed by atoms with Crippen LogP contribution in [0.5, 0.6) is 5.75 Å². The fraction of sp³-hybridized carbons (Fsp3) is 0.400. The first-order chi connectivity index (χ1) is 7.24. The molecule has 0 aliphatic heterocycles. The predicted octanol–water partition coefficient (Wildman–Crippen LogP) is 2.73. The van der Waals surface area contributed by atoms with Crippen molar-refractivity contribution in [3.63, 3.8) is 0 Å². The predicted molar refractivity (Wildman–Crippen MR) is 60.6 cm³/mol. The van der Waals surface area contributed by atoms with Gasteiger partial charge < -0.3 is 4.74 Å². The summed E-state index contributed by atoms with van der Waals surface area (Å²) in [5.41, 5.74) is 1.66. The number of halogens is 1. The molecule has 0 unspecified atom stereocenters. The first-order valence-corrected chi connectivity index (χ1v) is 5.14. The first-order valence-electron chi connectivity index (χ1n) is 4.77. The Kier molecular flexibility index (Phi) is 3.91. The van der Waals surface area contributed by atoms with Crippen molar-refractivity contribution in [2.45, 2.75) is 20.8 Å². The average molecular weight is 228 g/mol. The molecule has 0 fully saturated rings. The highest BCUT2D eigenvalue weighted by atomic mass is 35.5. The van der Waals surface area contributed by atoms with Crippen molar-refractivity contribution in [3.8, 4) is 5.75 Å². The molecule has 0 amide bonds. The van der Waals surface area contributed by atoms with E-state index in [0.29, 0.717) is 10.9 Å². The number of aromatic nitrogens is 3. The summed E-state index contributed by atoms with van der Waals surface area (Å²) in [5.74, 6) is 0.697. The van der Waals surface area contributed by atoms with Crippen molar-refractivity contribution in [1.29, 1.82) is 0 Å². The number of aryl methyl sites for hydroxylation is 1. The third-order valence-corrected chi connectivity index (χ3v) is 2.15. The maximum absolute atomic E-state index is 5.92. The second-order valence-electron chi connectivity index (χ2n) is 2.64. The van der Waals surface area contributed by atoms with E-state index in [1.54, 1.807) is 17.7 Å². The number of nitrogens with zero attached hydrogens (tertiary/aromatic N) is 3. The zero-order chi connectivity index (χ0) is 11.4. The smallest absolute Gasteiger partial charge is 0.149 e. The lowest BCUT2D eigenvalue weighted by molar-refractivity contribution is 0.419. The zero-order valence-corrected chi connectivity index (χ0v) is 10.0. The van der Waals surface area contributed by atoms with Crippen molar-refractivity contribution in [2.24, 2.45) is 0 Å². The van der Waals surface area contributed by atoms with Crippen LogP contribution < -0.4 is 4.74 Å². The van der Waals surface area contributed by atoms with Gasteiger partial charge in [-0.15, -0.1) is 0 Å². The number of hydrogen-bond acceptors (Lipinski definition) is 3. The normalized spacial score (nSPS) is 9.67. The highest BCUT2D eigenvalue weighted by Crippen LogP contribution is 2.27. The molecule has 82 valence electrons.